The Hall–Kier alpha value is -0.280. The van der Waals surface area contributed by atoms with Crippen LogP contribution in [0.2, 0.25) is 10.0 Å². The summed E-state index contributed by atoms with van der Waals surface area (Å²) in [6, 6.07) is 6.76. The van der Waals surface area contributed by atoms with Crippen LogP contribution < -0.4 is 5.32 Å². The summed E-state index contributed by atoms with van der Waals surface area (Å²) in [6.45, 7) is 1.82. The molecule has 1 aliphatic carbocycles. The third-order valence-corrected chi connectivity index (χ3v) is 5.59. The molecule has 3 rings (SSSR count). The molecule has 2 aliphatic rings. The molecule has 1 N–H and O–H groups in total. The second-order valence-corrected chi connectivity index (χ2v) is 6.60. The Kier molecular flexibility index (Phi) is 3.78. The molecule has 0 spiro atoms. The highest BCUT2D eigenvalue weighted by atomic mass is 35.5. The Morgan fingerprint density at radius 2 is 2.21 bits per heavy atom. The molecule has 19 heavy (non-hydrogen) atoms. The predicted molar refractivity (Wildman–Crippen MR) is 79.1 cm³/mol. The third kappa shape index (κ3) is 2.29. The molecule has 1 aliphatic heterocycles. The maximum Gasteiger partial charge on any atom is 0.0595 e. The van der Waals surface area contributed by atoms with Crippen molar-refractivity contribution in [3.05, 3.63) is 33.8 Å². The van der Waals surface area contributed by atoms with Gasteiger partial charge < -0.3 is 10.1 Å². The summed E-state index contributed by atoms with van der Waals surface area (Å²) in [6.07, 6.45) is 3.62. The minimum absolute atomic E-state index is 0.208. The van der Waals surface area contributed by atoms with E-state index in [1.165, 1.54) is 24.8 Å². The van der Waals surface area contributed by atoms with Crippen molar-refractivity contribution in [3.8, 4) is 0 Å². The topological polar surface area (TPSA) is 21.3 Å². The largest absolute Gasteiger partial charge is 0.384 e. The molecule has 1 heterocycles. The van der Waals surface area contributed by atoms with Gasteiger partial charge in [0.15, 0.2) is 0 Å². The number of rotatable bonds is 3. The molecule has 1 aromatic carbocycles. The first-order valence-electron chi connectivity index (χ1n) is 6.83. The van der Waals surface area contributed by atoms with Gasteiger partial charge in [-0.15, -0.1) is 0 Å². The number of piperidine rings is 1. The van der Waals surface area contributed by atoms with E-state index in [2.05, 4.69) is 17.4 Å². The summed E-state index contributed by atoms with van der Waals surface area (Å²) in [7, 11) is 1.78. The smallest absolute Gasteiger partial charge is 0.0595 e. The normalized spacial score (nSPS) is 33.6. The summed E-state index contributed by atoms with van der Waals surface area (Å²) >= 11 is 12.3. The molecule has 4 heteroatoms. The van der Waals surface area contributed by atoms with Crippen LogP contribution in [0.1, 0.15) is 24.8 Å². The van der Waals surface area contributed by atoms with Crippen LogP contribution in [-0.2, 0) is 10.2 Å². The van der Waals surface area contributed by atoms with Gasteiger partial charge in [0, 0.05) is 31.0 Å². The molecule has 0 unspecified atom stereocenters. The fourth-order valence-corrected chi connectivity index (χ4v) is 4.15. The molecule has 2 bridgehead atoms. The van der Waals surface area contributed by atoms with Crippen LogP contribution >= 0.6 is 23.2 Å². The van der Waals surface area contributed by atoms with Crippen LogP contribution in [0.3, 0.4) is 0 Å². The number of fused-ring (bicyclic) bond motifs is 2. The Bertz CT molecular complexity index is 479. The number of hydrogen-bond donors (Lipinski definition) is 1. The van der Waals surface area contributed by atoms with E-state index >= 15 is 0 Å². The second-order valence-electron chi connectivity index (χ2n) is 5.79. The van der Waals surface area contributed by atoms with Crippen molar-refractivity contribution in [2.45, 2.75) is 30.7 Å². The minimum atomic E-state index is 0.208. The summed E-state index contributed by atoms with van der Waals surface area (Å²) in [5.41, 5.74) is 1.54. The van der Waals surface area contributed by atoms with Gasteiger partial charge in [0.1, 0.15) is 0 Å². The molecule has 3 atom stereocenters. The van der Waals surface area contributed by atoms with Crippen molar-refractivity contribution in [3.63, 3.8) is 0 Å². The zero-order chi connectivity index (χ0) is 13.5. The number of ether oxygens (including phenoxy) is 1. The molecule has 0 amide bonds. The number of benzene rings is 1. The minimum Gasteiger partial charge on any atom is -0.384 e. The van der Waals surface area contributed by atoms with Gasteiger partial charge in [-0.2, -0.15) is 0 Å². The Morgan fingerprint density at radius 3 is 2.95 bits per heavy atom. The Labute approximate surface area is 124 Å². The summed E-state index contributed by atoms with van der Waals surface area (Å²) in [5.74, 6) is 0.508. The lowest BCUT2D eigenvalue weighted by atomic mass is 9.67. The second kappa shape index (κ2) is 5.25. The average molecular weight is 300 g/mol. The van der Waals surface area contributed by atoms with E-state index < -0.39 is 0 Å². The van der Waals surface area contributed by atoms with Gasteiger partial charge in [-0.3, -0.25) is 0 Å². The van der Waals surface area contributed by atoms with Crippen molar-refractivity contribution < 1.29 is 4.74 Å². The number of halogens is 2. The van der Waals surface area contributed by atoms with Crippen molar-refractivity contribution in [1.82, 2.24) is 5.32 Å². The number of nitrogens with one attached hydrogen (secondary N) is 1. The molecule has 0 aromatic heterocycles. The van der Waals surface area contributed by atoms with E-state index in [1.54, 1.807) is 7.11 Å². The van der Waals surface area contributed by atoms with E-state index in [0.29, 0.717) is 22.0 Å². The zero-order valence-corrected chi connectivity index (χ0v) is 12.6. The third-order valence-electron chi connectivity index (χ3n) is 4.85. The van der Waals surface area contributed by atoms with Crippen LogP contribution in [0.4, 0.5) is 0 Å². The molecule has 1 saturated carbocycles. The molecule has 104 valence electrons. The predicted octanol–water partition coefficient (Wildman–Crippen LogP) is 3.65. The summed E-state index contributed by atoms with van der Waals surface area (Å²) in [4.78, 5) is 0. The number of hydrogen-bond acceptors (Lipinski definition) is 2. The maximum atomic E-state index is 6.21. The van der Waals surface area contributed by atoms with Crippen molar-refractivity contribution >= 4 is 23.2 Å². The Balaban J connectivity index is 2.00. The highest BCUT2D eigenvalue weighted by Crippen LogP contribution is 2.50. The number of methoxy groups -OCH3 is 1. The van der Waals surface area contributed by atoms with E-state index in [0.717, 1.165) is 13.2 Å². The SMILES string of the molecule is COC[C@H]1CN[C@H]2CC[C@@]1(c1ccc(Cl)c(Cl)c1)C2. The van der Waals surface area contributed by atoms with Crippen molar-refractivity contribution in [2.24, 2.45) is 5.92 Å². The van der Waals surface area contributed by atoms with E-state index in [4.69, 9.17) is 27.9 Å². The zero-order valence-electron chi connectivity index (χ0n) is 11.1. The Morgan fingerprint density at radius 1 is 1.37 bits per heavy atom. The van der Waals surface area contributed by atoms with Crippen LogP contribution in [0.15, 0.2) is 18.2 Å². The van der Waals surface area contributed by atoms with Gasteiger partial charge in [0.05, 0.1) is 16.7 Å². The highest BCUT2D eigenvalue weighted by Gasteiger charge is 2.49. The molecule has 0 radical (unpaired) electrons. The molecule has 1 saturated heterocycles. The lowest BCUT2D eigenvalue weighted by Crippen LogP contribution is -2.48. The summed E-state index contributed by atoms with van der Waals surface area (Å²) in [5, 5.41) is 4.92. The standard InChI is InChI=1S/C15H19Cl2NO/c1-19-9-11-8-18-12-4-5-15(11,7-12)10-2-3-13(16)14(17)6-10/h2-3,6,11-12,18H,4-5,7-9H2,1H3/t11-,12+,15+/m1/s1. The molecule has 2 fully saturated rings. The van der Waals surface area contributed by atoms with Crippen LogP contribution in [0.5, 0.6) is 0 Å². The van der Waals surface area contributed by atoms with Crippen molar-refractivity contribution in [1.29, 1.82) is 0 Å². The van der Waals surface area contributed by atoms with E-state index in [1.807, 2.05) is 6.07 Å². The average Bonchev–Trinajstić information content (AvgIpc) is 2.76. The molecule has 1 aromatic rings. The van der Waals surface area contributed by atoms with Crippen LogP contribution in [-0.4, -0.2) is 26.3 Å². The van der Waals surface area contributed by atoms with Crippen LogP contribution in [0.25, 0.3) is 0 Å². The first kappa shape index (κ1) is 13.7. The first-order valence-corrected chi connectivity index (χ1v) is 7.59. The van der Waals surface area contributed by atoms with Crippen LogP contribution in [0, 0.1) is 5.92 Å². The van der Waals surface area contributed by atoms with Gasteiger partial charge in [0.25, 0.3) is 0 Å². The molecular formula is C15H19Cl2NO. The van der Waals surface area contributed by atoms with E-state index in [-0.39, 0.29) is 5.41 Å². The van der Waals surface area contributed by atoms with Gasteiger partial charge in [-0.25, -0.2) is 0 Å². The fraction of sp³-hybridized carbons (Fsp3) is 0.600. The highest BCUT2D eigenvalue weighted by molar-refractivity contribution is 6.42. The monoisotopic (exact) mass is 299 g/mol. The van der Waals surface area contributed by atoms with Crippen molar-refractivity contribution in [2.75, 3.05) is 20.3 Å². The van der Waals surface area contributed by atoms with Gasteiger partial charge in [0.2, 0.25) is 0 Å². The lowest BCUT2D eigenvalue weighted by molar-refractivity contribution is 0.0889. The summed E-state index contributed by atoms with van der Waals surface area (Å²) < 4.78 is 5.43. The molecular weight excluding hydrogens is 281 g/mol. The quantitative estimate of drug-likeness (QED) is 0.920. The lowest BCUT2D eigenvalue weighted by Gasteiger charge is -2.42. The maximum absolute atomic E-state index is 6.21. The van der Waals surface area contributed by atoms with Gasteiger partial charge in [-0.05, 0) is 37.0 Å². The first-order chi connectivity index (χ1) is 9.15. The van der Waals surface area contributed by atoms with Gasteiger partial charge >= 0.3 is 0 Å². The van der Waals surface area contributed by atoms with E-state index in [9.17, 15) is 0 Å². The molecule has 2 nitrogen and oxygen atoms in total. The van der Waals surface area contributed by atoms with Gasteiger partial charge in [-0.1, -0.05) is 29.3 Å². The fourth-order valence-electron chi connectivity index (χ4n) is 3.85.